The third-order valence-electron chi connectivity index (χ3n) is 4.08. The van der Waals surface area contributed by atoms with Gasteiger partial charge in [-0.15, -0.1) is 0 Å². The molecule has 2 atom stereocenters. The molecule has 1 aliphatic rings. The Balaban J connectivity index is 2.08. The molecule has 2 unspecified atom stereocenters. The zero-order valence-electron chi connectivity index (χ0n) is 11.3. The number of hydrogen-bond donors (Lipinski definition) is 0. The monoisotopic (exact) mass is 267 g/mol. The van der Waals surface area contributed by atoms with Gasteiger partial charge in [0, 0.05) is 12.1 Å². The Kier molecular flexibility index (Phi) is 4.30. The molecule has 0 aliphatic carbocycles. The van der Waals surface area contributed by atoms with Crippen molar-refractivity contribution in [3.05, 3.63) is 35.4 Å². The lowest BCUT2D eigenvalue weighted by Gasteiger charge is -2.37. The lowest BCUT2D eigenvalue weighted by atomic mass is 9.91. The van der Waals surface area contributed by atoms with E-state index < -0.39 is 11.6 Å². The van der Waals surface area contributed by atoms with Gasteiger partial charge in [-0.25, -0.2) is 8.78 Å². The van der Waals surface area contributed by atoms with Crippen molar-refractivity contribution >= 4 is 5.78 Å². The fraction of sp³-hybridized carbons (Fsp3) is 0.533. The summed E-state index contributed by atoms with van der Waals surface area (Å²) in [6, 6.07) is 3.43. The fourth-order valence-corrected chi connectivity index (χ4v) is 2.63. The van der Waals surface area contributed by atoms with E-state index in [4.69, 9.17) is 0 Å². The summed E-state index contributed by atoms with van der Waals surface area (Å²) in [5, 5.41) is 0. The first-order valence-corrected chi connectivity index (χ1v) is 6.71. The summed E-state index contributed by atoms with van der Waals surface area (Å²) in [5.41, 5.74) is -0.0215. The molecule has 1 heterocycles. The average Bonchev–Trinajstić information content (AvgIpc) is 2.34. The first-order valence-electron chi connectivity index (χ1n) is 6.71. The standard InChI is InChI=1S/C15H19F2NO/c1-10-4-3-7-18(11(10)2)9-15(19)13-6-5-12(16)8-14(13)17/h5-6,8,10-11H,3-4,7,9H2,1-2H3. The first-order chi connectivity index (χ1) is 8.99. The van der Waals surface area contributed by atoms with Crippen LogP contribution in [0.25, 0.3) is 0 Å². The molecule has 0 bridgehead atoms. The molecular formula is C15H19F2NO. The molecule has 1 fully saturated rings. The Morgan fingerprint density at radius 2 is 2.11 bits per heavy atom. The Labute approximate surface area is 112 Å². The predicted molar refractivity (Wildman–Crippen MR) is 70.1 cm³/mol. The highest BCUT2D eigenvalue weighted by Crippen LogP contribution is 2.23. The Bertz CT molecular complexity index is 475. The molecule has 0 saturated carbocycles. The van der Waals surface area contributed by atoms with E-state index >= 15 is 0 Å². The van der Waals surface area contributed by atoms with Gasteiger partial charge in [-0.05, 0) is 44.4 Å². The highest BCUT2D eigenvalue weighted by molar-refractivity contribution is 5.97. The summed E-state index contributed by atoms with van der Waals surface area (Å²) in [6.45, 7) is 5.33. The van der Waals surface area contributed by atoms with Crippen molar-refractivity contribution in [2.75, 3.05) is 13.1 Å². The van der Waals surface area contributed by atoms with Gasteiger partial charge in [0.1, 0.15) is 11.6 Å². The molecule has 19 heavy (non-hydrogen) atoms. The van der Waals surface area contributed by atoms with E-state index in [2.05, 4.69) is 18.7 Å². The van der Waals surface area contributed by atoms with Gasteiger partial charge in [0.15, 0.2) is 5.78 Å². The van der Waals surface area contributed by atoms with Gasteiger partial charge in [0.2, 0.25) is 0 Å². The second-order valence-corrected chi connectivity index (χ2v) is 5.38. The van der Waals surface area contributed by atoms with Crippen LogP contribution in [0.4, 0.5) is 8.78 Å². The van der Waals surface area contributed by atoms with E-state index in [1.807, 2.05) is 0 Å². The van der Waals surface area contributed by atoms with Crippen LogP contribution in [0.2, 0.25) is 0 Å². The van der Waals surface area contributed by atoms with Crippen LogP contribution < -0.4 is 0 Å². The number of carbonyl (C=O) groups is 1. The summed E-state index contributed by atoms with van der Waals surface area (Å²) in [6.07, 6.45) is 2.22. The quantitative estimate of drug-likeness (QED) is 0.783. The Morgan fingerprint density at radius 3 is 2.79 bits per heavy atom. The second-order valence-electron chi connectivity index (χ2n) is 5.38. The van der Waals surface area contributed by atoms with Crippen molar-refractivity contribution in [2.45, 2.75) is 32.7 Å². The number of likely N-dealkylation sites (tertiary alicyclic amines) is 1. The lowest BCUT2D eigenvalue weighted by Crippen LogP contribution is -2.45. The van der Waals surface area contributed by atoms with Gasteiger partial charge >= 0.3 is 0 Å². The third kappa shape index (κ3) is 3.18. The highest BCUT2D eigenvalue weighted by Gasteiger charge is 2.27. The average molecular weight is 267 g/mol. The summed E-state index contributed by atoms with van der Waals surface area (Å²) in [7, 11) is 0. The smallest absolute Gasteiger partial charge is 0.179 e. The minimum Gasteiger partial charge on any atom is -0.293 e. The SMILES string of the molecule is CC1CCCN(CC(=O)c2ccc(F)cc2F)C1C. The van der Waals surface area contributed by atoms with Crippen molar-refractivity contribution in [1.82, 2.24) is 4.90 Å². The molecule has 1 aliphatic heterocycles. The number of rotatable bonds is 3. The summed E-state index contributed by atoms with van der Waals surface area (Å²) >= 11 is 0. The van der Waals surface area contributed by atoms with Crippen molar-refractivity contribution in [1.29, 1.82) is 0 Å². The van der Waals surface area contributed by atoms with Crippen molar-refractivity contribution in [2.24, 2.45) is 5.92 Å². The second kappa shape index (κ2) is 5.78. The van der Waals surface area contributed by atoms with Crippen molar-refractivity contribution in [3.63, 3.8) is 0 Å². The van der Waals surface area contributed by atoms with Crippen LogP contribution in [0.15, 0.2) is 18.2 Å². The number of hydrogen-bond acceptors (Lipinski definition) is 2. The van der Waals surface area contributed by atoms with Crippen molar-refractivity contribution in [3.8, 4) is 0 Å². The molecule has 1 saturated heterocycles. The molecule has 1 aromatic carbocycles. The number of benzene rings is 1. The normalized spacial score (nSPS) is 24.4. The van der Waals surface area contributed by atoms with E-state index in [9.17, 15) is 13.6 Å². The van der Waals surface area contributed by atoms with E-state index in [-0.39, 0.29) is 17.9 Å². The topological polar surface area (TPSA) is 20.3 Å². The molecular weight excluding hydrogens is 248 g/mol. The third-order valence-corrected chi connectivity index (χ3v) is 4.08. The number of piperidine rings is 1. The lowest BCUT2D eigenvalue weighted by molar-refractivity contribution is 0.0776. The molecule has 0 amide bonds. The fourth-order valence-electron chi connectivity index (χ4n) is 2.63. The first kappa shape index (κ1) is 14.1. The summed E-state index contributed by atoms with van der Waals surface area (Å²) < 4.78 is 26.4. The largest absolute Gasteiger partial charge is 0.293 e. The molecule has 0 radical (unpaired) electrons. The maximum absolute atomic E-state index is 13.5. The van der Waals surface area contributed by atoms with Gasteiger partial charge in [-0.1, -0.05) is 6.92 Å². The van der Waals surface area contributed by atoms with Crippen LogP contribution in [0.3, 0.4) is 0 Å². The minimum absolute atomic E-state index is 0.0215. The maximum atomic E-state index is 13.5. The van der Waals surface area contributed by atoms with Gasteiger partial charge in [0.25, 0.3) is 0 Å². The predicted octanol–water partition coefficient (Wildman–Crippen LogP) is 3.27. The van der Waals surface area contributed by atoms with Crippen LogP contribution in [0.1, 0.15) is 37.0 Å². The molecule has 104 valence electrons. The number of carbonyl (C=O) groups excluding carboxylic acids is 1. The van der Waals surface area contributed by atoms with Crippen LogP contribution in [-0.4, -0.2) is 29.8 Å². The molecule has 1 aromatic rings. The van der Waals surface area contributed by atoms with Crippen LogP contribution >= 0.6 is 0 Å². The number of Topliss-reactive ketones (excluding diaryl/α,β-unsaturated/α-hetero) is 1. The number of nitrogens with zero attached hydrogens (tertiary/aromatic N) is 1. The van der Waals surface area contributed by atoms with E-state index in [0.717, 1.165) is 31.5 Å². The highest BCUT2D eigenvalue weighted by atomic mass is 19.1. The van der Waals surface area contributed by atoms with Gasteiger partial charge in [-0.2, -0.15) is 0 Å². The summed E-state index contributed by atoms with van der Waals surface area (Å²) in [4.78, 5) is 14.2. The molecule has 2 rings (SSSR count). The Morgan fingerprint density at radius 1 is 1.37 bits per heavy atom. The van der Waals surface area contributed by atoms with Gasteiger partial charge in [-0.3, -0.25) is 9.69 Å². The van der Waals surface area contributed by atoms with Crippen LogP contribution in [0, 0.1) is 17.6 Å². The molecule has 0 aromatic heterocycles. The Hall–Kier alpha value is -1.29. The van der Waals surface area contributed by atoms with E-state index in [1.165, 1.54) is 6.07 Å². The molecule has 4 heteroatoms. The van der Waals surface area contributed by atoms with Crippen LogP contribution in [0.5, 0.6) is 0 Å². The maximum Gasteiger partial charge on any atom is 0.179 e. The van der Waals surface area contributed by atoms with E-state index in [0.29, 0.717) is 12.0 Å². The van der Waals surface area contributed by atoms with Gasteiger partial charge < -0.3 is 0 Å². The van der Waals surface area contributed by atoms with Crippen LogP contribution in [-0.2, 0) is 0 Å². The molecule has 0 spiro atoms. The number of halogens is 2. The van der Waals surface area contributed by atoms with Crippen molar-refractivity contribution < 1.29 is 13.6 Å². The summed E-state index contributed by atoms with van der Waals surface area (Å²) in [5.74, 6) is -1.17. The number of ketones is 1. The minimum atomic E-state index is -0.775. The van der Waals surface area contributed by atoms with Gasteiger partial charge in [0.05, 0.1) is 12.1 Å². The van der Waals surface area contributed by atoms with E-state index in [1.54, 1.807) is 0 Å². The zero-order valence-corrected chi connectivity index (χ0v) is 11.3. The zero-order chi connectivity index (χ0) is 14.0. The molecule has 0 N–H and O–H groups in total. The molecule has 2 nitrogen and oxygen atoms in total.